The highest BCUT2D eigenvalue weighted by Crippen LogP contribution is 2.21. The number of aromatic amines is 1. The first kappa shape index (κ1) is 14.3. The molecule has 7 nitrogen and oxygen atoms in total. The van der Waals surface area contributed by atoms with Crippen LogP contribution in [0.4, 0.5) is 5.95 Å². The van der Waals surface area contributed by atoms with Crippen molar-refractivity contribution < 1.29 is 9.53 Å². The molecule has 0 bridgehead atoms. The monoisotopic (exact) mass is 295 g/mol. The van der Waals surface area contributed by atoms with Gasteiger partial charge in [-0.3, -0.25) is 10.1 Å². The summed E-state index contributed by atoms with van der Waals surface area (Å²) in [5.41, 5.74) is 0. The second-order valence-electron chi connectivity index (χ2n) is 4.46. The number of tetrazole rings is 1. The van der Waals surface area contributed by atoms with E-state index in [1.807, 2.05) is 13.8 Å². The summed E-state index contributed by atoms with van der Waals surface area (Å²) in [7, 11) is 0. The predicted octanol–water partition coefficient (Wildman–Crippen LogP) is 1.90. The van der Waals surface area contributed by atoms with Crippen LogP contribution in [0.1, 0.15) is 13.8 Å². The van der Waals surface area contributed by atoms with Crippen molar-refractivity contribution in [2.24, 2.45) is 5.92 Å². The van der Waals surface area contributed by atoms with Crippen LogP contribution in [0.25, 0.3) is 0 Å². The number of nitrogens with zero attached hydrogens (tertiary/aromatic N) is 3. The molecule has 0 aliphatic carbocycles. The Kier molecular flexibility index (Phi) is 4.52. The van der Waals surface area contributed by atoms with Gasteiger partial charge < -0.3 is 4.74 Å². The van der Waals surface area contributed by atoms with Gasteiger partial charge in [-0.05, 0) is 29.3 Å². The van der Waals surface area contributed by atoms with Crippen molar-refractivity contribution in [3.05, 3.63) is 29.3 Å². The first-order valence-corrected chi connectivity index (χ1v) is 6.40. The minimum absolute atomic E-state index is 0.0408. The third kappa shape index (κ3) is 3.67. The van der Waals surface area contributed by atoms with E-state index in [1.165, 1.54) is 0 Å². The van der Waals surface area contributed by atoms with Crippen LogP contribution < -0.4 is 10.1 Å². The van der Waals surface area contributed by atoms with Crippen LogP contribution in [0, 0.1) is 5.92 Å². The smallest absolute Gasteiger partial charge is 0.269 e. The van der Waals surface area contributed by atoms with Crippen LogP contribution in [-0.2, 0) is 4.79 Å². The molecule has 2 aromatic rings. The summed E-state index contributed by atoms with van der Waals surface area (Å²) in [4.78, 5) is 12.2. The number of halogens is 1. The van der Waals surface area contributed by atoms with Gasteiger partial charge in [-0.2, -0.15) is 5.21 Å². The number of benzene rings is 1. The summed E-state index contributed by atoms with van der Waals surface area (Å²) in [6.45, 7) is 3.76. The fourth-order valence-corrected chi connectivity index (χ4v) is 1.76. The van der Waals surface area contributed by atoms with Crippen molar-refractivity contribution in [2.45, 2.75) is 20.0 Å². The second kappa shape index (κ2) is 6.33. The molecule has 0 saturated carbocycles. The third-order valence-electron chi connectivity index (χ3n) is 2.50. The molecule has 1 atom stereocenters. The Labute approximate surface area is 120 Å². The standard InChI is InChI=1S/C12H14ClN5O2/c1-7(2)10(11(19)14-12-15-17-18-16-12)20-9-5-3-4-8(13)6-9/h3-7,10H,1-2H3,(H2,14,15,16,17,18,19)/t10-/m0/s1. The molecule has 2 N–H and O–H groups in total. The van der Waals surface area contributed by atoms with E-state index >= 15 is 0 Å². The number of ether oxygens (including phenoxy) is 1. The van der Waals surface area contributed by atoms with Crippen LogP contribution in [0.5, 0.6) is 5.75 Å². The molecule has 8 heteroatoms. The number of rotatable bonds is 5. The summed E-state index contributed by atoms with van der Waals surface area (Å²) in [5, 5.41) is 16.0. The predicted molar refractivity (Wildman–Crippen MR) is 73.5 cm³/mol. The van der Waals surface area contributed by atoms with Crippen LogP contribution in [0.15, 0.2) is 24.3 Å². The molecule has 0 saturated heterocycles. The Morgan fingerprint density at radius 2 is 2.25 bits per heavy atom. The van der Waals surface area contributed by atoms with Crippen LogP contribution >= 0.6 is 11.6 Å². The fraction of sp³-hybridized carbons (Fsp3) is 0.333. The molecule has 106 valence electrons. The van der Waals surface area contributed by atoms with Gasteiger partial charge in [-0.25, -0.2) is 0 Å². The van der Waals surface area contributed by atoms with Crippen LogP contribution in [0.2, 0.25) is 5.02 Å². The number of hydrogen-bond acceptors (Lipinski definition) is 5. The summed E-state index contributed by atoms with van der Waals surface area (Å²) in [6, 6.07) is 6.88. The minimum atomic E-state index is -0.688. The largest absolute Gasteiger partial charge is 0.480 e. The van der Waals surface area contributed by atoms with Gasteiger partial charge in [-0.15, -0.1) is 5.10 Å². The lowest BCUT2D eigenvalue weighted by Gasteiger charge is -2.21. The molecule has 2 rings (SSSR count). The maximum atomic E-state index is 12.2. The lowest BCUT2D eigenvalue weighted by Crippen LogP contribution is -2.37. The van der Waals surface area contributed by atoms with Crippen molar-refractivity contribution in [1.29, 1.82) is 0 Å². The molecule has 1 aromatic carbocycles. The van der Waals surface area contributed by atoms with Crippen LogP contribution in [0.3, 0.4) is 0 Å². The molecule has 0 unspecified atom stereocenters. The first-order chi connectivity index (χ1) is 9.56. The molecule has 1 amide bonds. The van der Waals surface area contributed by atoms with E-state index in [0.717, 1.165) is 0 Å². The van der Waals surface area contributed by atoms with Crippen molar-refractivity contribution in [3.63, 3.8) is 0 Å². The average Bonchev–Trinajstić information content (AvgIpc) is 2.88. The zero-order valence-corrected chi connectivity index (χ0v) is 11.8. The van der Waals surface area contributed by atoms with Gasteiger partial charge in [0.15, 0.2) is 6.10 Å². The summed E-state index contributed by atoms with van der Waals surface area (Å²) >= 11 is 5.89. The van der Waals surface area contributed by atoms with Gasteiger partial charge in [0.05, 0.1) is 0 Å². The summed E-state index contributed by atoms with van der Waals surface area (Å²) in [5.74, 6) is 0.247. The lowest BCUT2D eigenvalue weighted by molar-refractivity contribution is -0.124. The number of nitrogens with one attached hydrogen (secondary N) is 2. The Balaban J connectivity index is 2.08. The van der Waals surface area contributed by atoms with Gasteiger partial charge in [-0.1, -0.05) is 36.6 Å². The second-order valence-corrected chi connectivity index (χ2v) is 4.90. The van der Waals surface area contributed by atoms with E-state index < -0.39 is 6.10 Å². The number of aromatic nitrogens is 4. The number of H-pyrrole nitrogens is 1. The van der Waals surface area contributed by atoms with Crippen molar-refractivity contribution in [2.75, 3.05) is 5.32 Å². The first-order valence-electron chi connectivity index (χ1n) is 6.03. The molecule has 0 aliphatic heterocycles. The van der Waals surface area contributed by atoms with E-state index in [9.17, 15) is 4.79 Å². The maximum absolute atomic E-state index is 12.2. The van der Waals surface area contributed by atoms with Crippen molar-refractivity contribution in [1.82, 2.24) is 20.6 Å². The SMILES string of the molecule is CC(C)[C@H](Oc1cccc(Cl)c1)C(=O)Nc1nn[nH]n1. The van der Waals surface area contributed by atoms with E-state index in [1.54, 1.807) is 24.3 Å². The highest BCUT2D eigenvalue weighted by Gasteiger charge is 2.25. The van der Waals surface area contributed by atoms with E-state index in [0.29, 0.717) is 10.8 Å². The molecular weight excluding hydrogens is 282 g/mol. The van der Waals surface area contributed by atoms with Gasteiger partial charge >= 0.3 is 0 Å². The quantitative estimate of drug-likeness (QED) is 0.879. The molecule has 1 aromatic heterocycles. The molecule has 0 aliphatic rings. The average molecular weight is 296 g/mol. The minimum Gasteiger partial charge on any atom is -0.480 e. The van der Waals surface area contributed by atoms with Gasteiger partial charge in [0.1, 0.15) is 5.75 Å². The molecule has 0 radical (unpaired) electrons. The molecule has 0 fully saturated rings. The van der Waals surface area contributed by atoms with Crippen LogP contribution in [-0.4, -0.2) is 32.6 Å². The number of carbonyl (C=O) groups is 1. The normalized spacial score (nSPS) is 12.2. The number of carbonyl (C=O) groups excluding carboxylic acids is 1. The van der Waals surface area contributed by atoms with Crippen molar-refractivity contribution >= 4 is 23.5 Å². The Morgan fingerprint density at radius 3 is 2.85 bits per heavy atom. The van der Waals surface area contributed by atoms with Gasteiger partial charge in [0.2, 0.25) is 0 Å². The highest BCUT2D eigenvalue weighted by atomic mass is 35.5. The molecule has 20 heavy (non-hydrogen) atoms. The lowest BCUT2D eigenvalue weighted by atomic mass is 10.1. The fourth-order valence-electron chi connectivity index (χ4n) is 1.58. The zero-order valence-electron chi connectivity index (χ0n) is 11.0. The number of anilines is 1. The van der Waals surface area contributed by atoms with Gasteiger partial charge in [0.25, 0.3) is 11.9 Å². The van der Waals surface area contributed by atoms with E-state index in [4.69, 9.17) is 16.3 Å². The highest BCUT2D eigenvalue weighted by molar-refractivity contribution is 6.30. The van der Waals surface area contributed by atoms with Crippen molar-refractivity contribution in [3.8, 4) is 5.75 Å². The maximum Gasteiger partial charge on any atom is 0.269 e. The topological polar surface area (TPSA) is 92.8 Å². The van der Waals surface area contributed by atoms with E-state index in [2.05, 4.69) is 25.9 Å². The summed E-state index contributed by atoms with van der Waals surface area (Å²) in [6.07, 6.45) is -0.688. The number of amides is 1. The molecule has 1 heterocycles. The van der Waals surface area contributed by atoms with E-state index in [-0.39, 0.29) is 17.8 Å². The Morgan fingerprint density at radius 1 is 1.45 bits per heavy atom. The third-order valence-corrected chi connectivity index (χ3v) is 2.74. The molecule has 0 spiro atoms. The van der Waals surface area contributed by atoms with Gasteiger partial charge in [0, 0.05) is 5.02 Å². The zero-order chi connectivity index (χ0) is 14.5. The molecular formula is C12H14ClN5O2. The Bertz CT molecular complexity index is 573. The summed E-state index contributed by atoms with van der Waals surface area (Å²) < 4.78 is 5.68. The Hall–Kier alpha value is -2.15. The number of hydrogen-bond donors (Lipinski definition) is 2.